The Morgan fingerprint density at radius 1 is 0.966 bits per heavy atom. The van der Waals surface area contributed by atoms with E-state index in [-0.39, 0.29) is 11.6 Å². The van der Waals surface area contributed by atoms with Crippen molar-refractivity contribution in [1.82, 2.24) is 15.4 Å². The molecule has 0 fully saturated rings. The van der Waals surface area contributed by atoms with Crippen LogP contribution >= 0.6 is 0 Å². The van der Waals surface area contributed by atoms with Gasteiger partial charge in [-0.05, 0) is 45.4 Å². The summed E-state index contributed by atoms with van der Waals surface area (Å²) < 4.78 is 5.39. The van der Waals surface area contributed by atoms with Crippen LogP contribution in [0.3, 0.4) is 0 Å². The molecule has 0 saturated heterocycles. The standard InChI is InChI=1S/C23H22N4O2/c1-13-5-7-17(8-6-13)21-12-20(27-29-21)23(28)24-22-15(3)9-14(2)10-18(22)19-11-16(4)25-26-19/h5-12H,1-4H3,(H,24,28)(H,25,26). The highest BCUT2D eigenvalue weighted by Crippen LogP contribution is 2.32. The summed E-state index contributed by atoms with van der Waals surface area (Å²) in [4.78, 5) is 12.9. The molecule has 0 aliphatic heterocycles. The Balaban J connectivity index is 1.65. The zero-order valence-electron chi connectivity index (χ0n) is 16.8. The fourth-order valence-corrected chi connectivity index (χ4v) is 3.31. The van der Waals surface area contributed by atoms with Gasteiger partial charge < -0.3 is 9.84 Å². The normalized spacial score (nSPS) is 10.9. The molecule has 0 aliphatic rings. The summed E-state index contributed by atoms with van der Waals surface area (Å²) in [7, 11) is 0. The fourth-order valence-electron chi connectivity index (χ4n) is 3.31. The molecule has 0 atom stereocenters. The van der Waals surface area contributed by atoms with E-state index < -0.39 is 0 Å². The Kier molecular flexibility index (Phi) is 4.76. The highest BCUT2D eigenvalue weighted by Gasteiger charge is 2.18. The molecule has 2 aromatic carbocycles. The van der Waals surface area contributed by atoms with Crippen molar-refractivity contribution in [2.24, 2.45) is 0 Å². The number of hydrogen-bond donors (Lipinski definition) is 2. The second-order valence-corrected chi connectivity index (χ2v) is 7.34. The molecule has 2 aromatic heterocycles. The summed E-state index contributed by atoms with van der Waals surface area (Å²) >= 11 is 0. The van der Waals surface area contributed by atoms with Crippen molar-refractivity contribution < 1.29 is 9.32 Å². The molecule has 0 radical (unpaired) electrons. The molecule has 146 valence electrons. The van der Waals surface area contributed by atoms with Crippen molar-refractivity contribution in [2.75, 3.05) is 5.32 Å². The quantitative estimate of drug-likeness (QED) is 0.504. The Hall–Kier alpha value is -3.67. The maximum atomic E-state index is 12.9. The minimum atomic E-state index is -0.326. The number of aryl methyl sites for hydroxylation is 4. The first kappa shape index (κ1) is 18.7. The van der Waals surface area contributed by atoms with Gasteiger partial charge in [0.05, 0.1) is 11.4 Å². The number of anilines is 1. The third kappa shape index (κ3) is 3.82. The zero-order chi connectivity index (χ0) is 20.5. The average molecular weight is 386 g/mol. The van der Waals surface area contributed by atoms with Crippen molar-refractivity contribution in [2.45, 2.75) is 27.7 Å². The lowest BCUT2D eigenvalue weighted by atomic mass is 10.0. The maximum Gasteiger partial charge on any atom is 0.277 e. The Labute approximate surface area is 169 Å². The minimum absolute atomic E-state index is 0.227. The predicted octanol–water partition coefficient (Wildman–Crippen LogP) is 5.22. The second kappa shape index (κ2) is 7.39. The summed E-state index contributed by atoms with van der Waals surface area (Å²) in [5, 5.41) is 14.2. The molecule has 29 heavy (non-hydrogen) atoms. The monoisotopic (exact) mass is 386 g/mol. The number of H-pyrrole nitrogens is 1. The van der Waals surface area contributed by atoms with Crippen LogP contribution in [-0.4, -0.2) is 21.3 Å². The Morgan fingerprint density at radius 3 is 2.41 bits per heavy atom. The van der Waals surface area contributed by atoms with Gasteiger partial charge in [0.15, 0.2) is 11.5 Å². The van der Waals surface area contributed by atoms with E-state index in [1.807, 2.05) is 70.2 Å². The van der Waals surface area contributed by atoms with Gasteiger partial charge in [-0.2, -0.15) is 5.10 Å². The van der Waals surface area contributed by atoms with E-state index in [9.17, 15) is 4.79 Å². The molecule has 4 aromatic rings. The molecule has 0 saturated carbocycles. The van der Waals surface area contributed by atoms with Crippen LogP contribution in [0.1, 0.15) is 32.9 Å². The summed E-state index contributed by atoms with van der Waals surface area (Å²) in [6, 6.07) is 15.5. The van der Waals surface area contributed by atoms with Gasteiger partial charge in [-0.25, -0.2) is 0 Å². The lowest BCUT2D eigenvalue weighted by molar-refractivity contribution is 0.101. The largest absolute Gasteiger partial charge is 0.355 e. The van der Waals surface area contributed by atoms with Gasteiger partial charge in [-0.1, -0.05) is 46.6 Å². The van der Waals surface area contributed by atoms with E-state index in [0.29, 0.717) is 11.4 Å². The molecule has 0 aliphatic carbocycles. The average Bonchev–Trinajstić information content (AvgIpc) is 3.33. The number of hydrogen-bond acceptors (Lipinski definition) is 4. The van der Waals surface area contributed by atoms with Gasteiger partial charge >= 0.3 is 0 Å². The highest BCUT2D eigenvalue weighted by molar-refractivity contribution is 6.06. The van der Waals surface area contributed by atoms with E-state index in [4.69, 9.17) is 4.52 Å². The predicted molar refractivity (Wildman–Crippen MR) is 113 cm³/mol. The van der Waals surface area contributed by atoms with Crippen LogP contribution in [0.5, 0.6) is 0 Å². The third-order valence-electron chi connectivity index (χ3n) is 4.78. The van der Waals surface area contributed by atoms with Gasteiger partial charge in [0.2, 0.25) is 0 Å². The van der Waals surface area contributed by atoms with Crippen molar-refractivity contribution >= 4 is 11.6 Å². The van der Waals surface area contributed by atoms with Crippen LogP contribution in [0.4, 0.5) is 5.69 Å². The molecule has 2 heterocycles. The van der Waals surface area contributed by atoms with Crippen molar-refractivity contribution in [3.8, 4) is 22.6 Å². The van der Waals surface area contributed by atoms with Gasteiger partial charge in [-0.15, -0.1) is 0 Å². The van der Waals surface area contributed by atoms with Crippen LogP contribution in [0.25, 0.3) is 22.6 Å². The lowest BCUT2D eigenvalue weighted by Gasteiger charge is -2.13. The van der Waals surface area contributed by atoms with Crippen LogP contribution < -0.4 is 5.32 Å². The number of nitrogens with one attached hydrogen (secondary N) is 2. The number of aromatic amines is 1. The summed E-state index contributed by atoms with van der Waals surface area (Å²) in [5.41, 5.74) is 7.62. The molecule has 6 heteroatoms. The van der Waals surface area contributed by atoms with Gasteiger partial charge in [-0.3, -0.25) is 9.89 Å². The molecule has 0 bridgehead atoms. The number of aromatic nitrogens is 3. The first-order valence-corrected chi connectivity index (χ1v) is 9.39. The number of rotatable bonds is 4. The Bertz CT molecular complexity index is 1190. The van der Waals surface area contributed by atoms with Crippen molar-refractivity contribution in [1.29, 1.82) is 0 Å². The van der Waals surface area contributed by atoms with Crippen LogP contribution in [-0.2, 0) is 0 Å². The summed E-state index contributed by atoms with van der Waals surface area (Å²) in [6.07, 6.45) is 0. The summed E-state index contributed by atoms with van der Waals surface area (Å²) in [5.74, 6) is 0.228. The molecule has 0 spiro atoms. The molecular weight excluding hydrogens is 364 g/mol. The third-order valence-corrected chi connectivity index (χ3v) is 4.78. The van der Waals surface area contributed by atoms with Gasteiger partial charge in [0.1, 0.15) is 0 Å². The fraction of sp³-hybridized carbons (Fsp3) is 0.174. The van der Waals surface area contributed by atoms with Crippen LogP contribution in [0.2, 0.25) is 0 Å². The summed E-state index contributed by atoms with van der Waals surface area (Å²) in [6.45, 7) is 7.95. The van der Waals surface area contributed by atoms with Crippen molar-refractivity contribution in [3.63, 3.8) is 0 Å². The van der Waals surface area contributed by atoms with E-state index in [1.54, 1.807) is 6.07 Å². The molecule has 1 amide bonds. The van der Waals surface area contributed by atoms with Gasteiger partial charge in [0.25, 0.3) is 5.91 Å². The number of amides is 1. The molecule has 2 N–H and O–H groups in total. The van der Waals surface area contributed by atoms with Crippen molar-refractivity contribution in [3.05, 3.63) is 76.6 Å². The smallest absolute Gasteiger partial charge is 0.277 e. The number of carbonyl (C=O) groups is 1. The van der Waals surface area contributed by atoms with E-state index in [2.05, 4.69) is 20.7 Å². The number of nitrogens with zero attached hydrogens (tertiary/aromatic N) is 2. The highest BCUT2D eigenvalue weighted by atomic mass is 16.5. The number of carbonyl (C=O) groups excluding carboxylic acids is 1. The topological polar surface area (TPSA) is 83.8 Å². The van der Waals surface area contributed by atoms with Gasteiger partial charge in [0, 0.05) is 22.9 Å². The minimum Gasteiger partial charge on any atom is -0.355 e. The second-order valence-electron chi connectivity index (χ2n) is 7.34. The van der Waals surface area contributed by atoms with Crippen LogP contribution in [0, 0.1) is 27.7 Å². The SMILES string of the molecule is Cc1ccc(-c2cc(C(=O)Nc3c(C)cc(C)cc3-c3cc(C)[nH]n3)no2)cc1. The van der Waals surface area contributed by atoms with E-state index in [0.717, 1.165) is 39.2 Å². The Morgan fingerprint density at radius 2 is 1.72 bits per heavy atom. The zero-order valence-corrected chi connectivity index (χ0v) is 16.8. The maximum absolute atomic E-state index is 12.9. The molecular formula is C23H22N4O2. The van der Waals surface area contributed by atoms with E-state index >= 15 is 0 Å². The first-order chi connectivity index (χ1) is 13.9. The first-order valence-electron chi connectivity index (χ1n) is 9.39. The number of benzene rings is 2. The molecule has 6 nitrogen and oxygen atoms in total. The lowest BCUT2D eigenvalue weighted by Crippen LogP contribution is -2.14. The van der Waals surface area contributed by atoms with E-state index in [1.165, 1.54) is 0 Å². The molecule has 4 rings (SSSR count). The van der Waals surface area contributed by atoms with Crippen LogP contribution in [0.15, 0.2) is 53.1 Å². The molecule has 0 unspecified atom stereocenters.